The van der Waals surface area contributed by atoms with Gasteiger partial charge in [-0.05, 0) is 68.3 Å². The monoisotopic (exact) mass is 482 g/mol. The van der Waals surface area contributed by atoms with Gasteiger partial charge in [-0.25, -0.2) is 4.83 Å². The van der Waals surface area contributed by atoms with E-state index in [1.54, 1.807) is 50.8 Å². The number of hydrogen-bond acceptors (Lipinski definition) is 6. The fraction of sp³-hybridized carbons (Fsp3) is 0.269. The van der Waals surface area contributed by atoms with Crippen LogP contribution in [0.5, 0.6) is 17.2 Å². The highest BCUT2D eigenvalue weighted by Gasteiger charge is 2.17. The average molecular weight is 483 g/mol. The first-order chi connectivity index (χ1) is 16.2. The average Bonchev–Trinajstić information content (AvgIpc) is 2.82. The van der Waals surface area contributed by atoms with Crippen molar-refractivity contribution in [3.63, 3.8) is 0 Å². The van der Waals surface area contributed by atoms with Gasteiger partial charge >= 0.3 is 0 Å². The fourth-order valence-corrected chi connectivity index (χ4v) is 4.14. The summed E-state index contributed by atoms with van der Waals surface area (Å²) < 4.78 is 41.9. The highest BCUT2D eigenvalue weighted by molar-refractivity contribution is 7.89. The second-order valence-electron chi connectivity index (χ2n) is 8.05. The van der Waals surface area contributed by atoms with E-state index in [2.05, 4.69) is 9.93 Å². The summed E-state index contributed by atoms with van der Waals surface area (Å²) in [7, 11) is -0.643. The van der Waals surface area contributed by atoms with Gasteiger partial charge in [0.15, 0.2) is 0 Å². The number of ether oxygens (including phenoxy) is 3. The van der Waals surface area contributed by atoms with Crippen LogP contribution in [0.4, 0.5) is 0 Å². The summed E-state index contributed by atoms with van der Waals surface area (Å²) >= 11 is 0. The Morgan fingerprint density at radius 3 is 1.94 bits per heavy atom. The molecule has 0 saturated carbocycles. The maximum Gasteiger partial charge on any atom is 0.276 e. The first kappa shape index (κ1) is 25.1. The van der Waals surface area contributed by atoms with Crippen molar-refractivity contribution in [1.29, 1.82) is 0 Å². The van der Waals surface area contributed by atoms with Gasteiger partial charge in [0, 0.05) is 18.2 Å². The molecule has 3 rings (SSSR count). The number of rotatable bonds is 10. The molecule has 0 heterocycles. The van der Waals surface area contributed by atoms with E-state index in [4.69, 9.17) is 14.2 Å². The summed E-state index contributed by atoms with van der Waals surface area (Å²) in [5.74, 6) is 1.61. The molecule has 0 fully saturated rings. The number of benzene rings is 3. The maximum atomic E-state index is 12.7. The van der Waals surface area contributed by atoms with Gasteiger partial charge in [-0.15, -0.1) is 0 Å². The highest BCUT2D eigenvalue weighted by Crippen LogP contribution is 2.31. The van der Waals surface area contributed by atoms with Crippen LogP contribution < -0.4 is 19.0 Å². The first-order valence-corrected chi connectivity index (χ1v) is 12.3. The second-order valence-corrected chi connectivity index (χ2v) is 9.71. The van der Waals surface area contributed by atoms with Crippen LogP contribution in [-0.4, -0.2) is 35.0 Å². The van der Waals surface area contributed by atoms with E-state index in [1.807, 2.05) is 57.2 Å². The Morgan fingerprint density at radius 1 is 0.824 bits per heavy atom. The number of hydrazone groups is 1. The predicted molar refractivity (Wildman–Crippen MR) is 134 cm³/mol. The Balaban J connectivity index is 1.95. The molecule has 0 amide bonds. The van der Waals surface area contributed by atoms with Crippen molar-refractivity contribution in [2.75, 3.05) is 14.2 Å². The van der Waals surface area contributed by atoms with Crippen LogP contribution in [0.2, 0.25) is 0 Å². The Labute approximate surface area is 201 Å². The lowest BCUT2D eigenvalue weighted by molar-refractivity contribution is 0.242. The Morgan fingerprint density at radius 2 is 1.41 bits per heavy atom. The zero-order valence-electron chi connectivity index (χ0n) is 20.0. The number of methoxy groups -OCH3 is 2. The van der Waals surface area contributed by atoms with E-state index in [0.717, 1.165) is 22.4 Å². The molecule has 0 radical (unpaired) electrons. The van der Waals surface area contributed by atoms with Gasteiger partial charge in [-0.2, -0.15) is 13.5 Å². The molecule has 180 valence electrons. The lowest BCUT2D eigenvalue weighted by Crippen LogP contribution is -2.19. The minimum Gasteiger partial charge on any atom is -0.497 e. The smallest absolute Gasteiger partial charge is 0.276 e. The molecule has 0 saturated heterocycles. The quantitative estimate of drug-likeness (QED) is 0.328. The number of hydrogen-bond donors (Lipinski definition) is 1. The Bertz CT molecular complexity index is 1200. The van der Waals surface area contributed by atoms with Gasteiger partial charge in [-0.1, -0.05) is 29.8 Å². The lowest BCUT2D eigenvalue weighted by Gasteiger charge is -2.17. The normalized spacial score (nSPS) is 12.5. The topological polar surface area (TPSA) is 86.2 Å². The second kappa shape index (κ2) is 11.1. The molecule has 3 aromatic carbocycles. The van der Waals surface area contributed by atoms with Crippen LogP contribution in [0.25, 0.3) is 0 Å². The molecule has 1 N–H and O–H groups in total. The molecule has 0 aliphatic rings. The van der Waals surface area contributed by atoms with Crippen LogP contribution in [0, 0.1) is 6.92 Å². The molecule has 1 unspecified atom stereocenters. The first-order valence-electron chi connectivity index (χ1n) is 10.8. The predicted octanol–water partition coefficient (Wildman–Crippen LogP) is 4.90. The number of sulfonamides is 1. The van der Waals surface area contributed by atoms with Gasteiger partial charge < -0.3 is 14.2 Å². The van der Waals surface area contributed by atoms with Crippen molar-refractivity contribution < 1.29 is 22.6 Å². The summed E-state index contributed by atoms with van der Waals surface area (Å²) in [5.41, 5.74) is 2.69. The van der Waals surface area contributed by atoms with Crippen LogP contribution in [0.15, 0.2) is 76.7 Å². The summed E-state index contributed by atoms with van der Waals surface area (Å²) in [5, 5.41) is 4.10. The molecule has 0 aromatic heterocycles. The Kier molecular flexibility index (Phi) is 8.17. The van der Waals surface area contributed by atoms with Crippen molar-refractivity contribution in [2.45, 2.75) is 37.7 Å². The van der Waals surface area contributed by atoms with Crippen LogP contribution in [0.3, 0.4) is 0 Å². The highest BCUT2D eigenvalue weighted by atomic mass is 32.2. The van der Waals surface area contributed by atoms with Gasteiger partial charge in [0.2, 0.25) is 0 Å². The third-order valence-corrected chi connectivity index (χ3v) is 6.31. The van der Waals surface area contributed by atoms with Crippen molar-refractivity contribution in [2.24, 2.45) is 5.10 Å². The van der Waals surface area contributed by atoms with Gasteiger partial charge in [-0.3, -0.25) is 0 Å². The molecule has 3 aromatic rings. The molecule has 7 nitrogen and oxygen atoms in total. The lowest BCUT2D eigenvalue weighted by atomic mass is 9.92. The molecular weight excluding hydrogens is 452 g/mol. The van der Waals surface area contributed by atoms with Crippen molar-refractivity contribution >= 4 is 16.2 Å². The molecule has 0 aliphatic heterocycles. The van der Waals surface area contributed by atoms with E-state index >= 15 is 0 Å². The maximum absolute atomic E-state index is 12.7. The minimum atomic E-state index is -3.80. The van der Waals surface area contributed by atoms with E-state index in [0.29, 0.717) is 11.5 Å². The summed E-state index contributed by atoms with van der Waals surface area (Å²) in [4.78, 5) is 2.46. The zero-order chi connectivity index (χ0) is 24.7. The summed E-state index contributed by atoms with van der Waals surface area (Å²) in [6, 6.07) is 19.7. The zero-order valence-corrected chi connectivity index (χ0v) is 20.8. The molecule has 8 heteroatoms. The van der Waals surface area contributed by atoms with Crippen LogP contribution in [-0.2, 0) is 10.0 Å². The van der Waals surface area contributed by atoms with Crippen LogP contribution >= 0.6 is 0 Å². The summed E-state index contributed by atoms with van der Waals surface area (Å²) in [6.07, 6.45) is 1.61. The molecular formula is C26H30N2O5S. The van der Waals surface area contributed by atoms with Gasteiger partial charge in [0.1, 0.15) is 17.2 Å². The third kappa shape index (κ3) is 6.51. The molecule has 1 atom stereocenters. The molecule has 0 bridgehead atoms. The standard InChI is InChI=1S/C26H30N2O5S/c1-18(2)33-22-10-8-20(9-11-22)26(21-14-23(31-4)16-24(15-21)32-5)17-27-28-34(29,30)25-12-6-19(3)7-13-25/h6-18,26,28H,1-5H3. The number of aryl methyl sites for hydroxylation is 1. The number of nitrogens with zero attached hydrogens (tertiary/aromatic N) is 1. The largest absolute Gasteiger partial charge is 0.497 e. The minimum absolute atomic E-state index is 0.0574. The summed E-state index contributed by atoms with van der Waals surface area (Å²) in [6.45, 7) is 5.82. The number of nitrogens with one attached hydrogen (secondary N) is 1. The van der Waals surface area contributed by atoms with E-state index in [1.165, 1.54) is 0 Å². The van der Waals surface area contributed by atoms with Crippen molar-refractivity contribution in [3.05, 3.63) is 83.4 Å². The molecule has 34 heavy (non-hydrogen) atoms. The van der Waals surface area contributed by atoms with E-state index in [9.17, 15) is 8.42 Å². The van der Waals surface area contributed by atoms with E-state index in [-0.39, 0.29) is 16.9 Å². The fourth-order valence-electron chi connectivity index (χ4n) is 3.34. The van der Waals surface area contributed by atoms with Crippen molar-refractivity contribution in [1.82, 2.24) is 4.83 Å². The third-order valence-electron chi connectivity index (χ3n) is 5.07. The SMILES string of the molecule is COc1cc(OC)cc(C(C=NNS(=O)(=O)c2ccc(C)cc2)c2ccc(OC(C)C)cc2)c1. The Hall–Kier alpha value is -3.52. The van der Waals surface area contributed by atoms with Crippen LogP contribution in [0.1, 0.15) is 36.5 Å². The van der Waals surface area contributed by atoms with Gasteiger partial charge in [0.05, 0.1) is 25.2 Å². The molecule has 0 spiro atoms. The van der Waals surface area contributed by atoms with E-state index < -0.39 is 10.0 Å². The van der Waals surface area contributed by atoms with Gasteiger partial charge in [0.25, 0.3) is 10.0 Å². The molecule has 0 aliphatic carbocycles. The van der Waals surface area contributed by atoms with Crippen molar-refractivity contribution in [3.8, 4) is 17.2 Å².